The maximum atomic E-state index is 13.1. The third-order valence-electron chi connectivity index (χ3n) is 6.42. The van der Waals surface area contributed by atoms with Gasteiger partial charge in [0, 0.05) is 37.1 Å². The summed E-state index contributed by atoms with van der Waals surface area (Å²) in [5.41, 5.74) is 3.98. The molecule has 3 aromatic rings. The number of benzene rings is 2. The van der Waals surface area contributed by atoms with Crippen LogP contribution in [0.15, 0.2) is 52.0 Å². The zero-order valence-corrected chi connectivity index (χ0v) is 21.4. The summed E-state index contributed by atoms with van der Waals surface area (Å²) in [5, 5.41) is 3.88. The van der Waals surface area contributed by atoms with Crippen LogP contribution in [0.2, 0.25) is 0 Å². The number of carbonyl (C=O) groups is 1. The first-order valence-electron chi connectivity index (χ1n) is 12.1. The van der Waals surface area contributed by atoms with Gasteiger partial charge in [-0.1, -0.05) is 32.9 Å². The monoisotopic (exact) mass is 499 g/mol. The first-order valence-corrected chi connectivity index (χ1v) is 13.6. The number of ether oxygens (including phenoxy) is 1. The molecule has 0 radical (unpaired) electrons. The number of nitrogens with zero attached hydrogens (tertiary/aromatic N) is 2. The molecule has 1 aromatic heterocycles. The van der Waals surface area contributed by atoms with Crippen LogP contribution in [0.3, 0.4) is 0 Å². The fraction of sp³-hybridized carbons (Fsp3) is 0.423. The lowest BCUT2D eigenvalue weighted by Crippen LogP contribution is -2.37. The largest absolute Gasteiger partial charge is 0.464 e. The predicted octanol–water partition coefficient (Wildman–Crippen LogP) is 4.04. The third kappa shape index (κ3) is 5.37. The lowest BCUT2D eigenvalue weighted by molar-refractivity contribution is -0.115. The number of rotatable bonds is 9. The van der Waals surface area contributed by atoms with Crippen LogP contribution in [0.1, 0.15) is 31.9 Å². The Kier molecular flexibility index (Phi) is 7.78. The summed E-state index contributed by atoms with van der Waals surface area (Å²) in [6, 6.07) is 11.0. The van der Waals surface area contributed by atoms with Gasteiger partial charge in [0.15, 0.2) is 0 Å². The highest BCUT2D eigenvalue weighted by molar-refractivity contribution is 7.89. The zero-order valence-electron chi connectivity index (χ0n) is 20.5. The van der Waals surface area contributed by atoms with Gasteiger partial charge >= 0.3 is 0 Å². The first-order chi connectivity index (χ1) is 16.9. The lowest BCUT2D eigenvalue weighted by Gasteiger charge is -2.31. The van der Waals surface area contributed by atoms with E-state index in [0.29, 0.717) is 45.1 Å². The van der Waals surface area contributed by atoms with Crippen LogP contribution < -0.4 is 10.2 Å². The highest BCUT2D eigenvalue weighted by Gasteiger charge is 2.25. The van der Waals surface area contributed by atoms with Crippen molar-refractivity contribution in [1.29, 1.82) is 0 Å². The molecular weight excluding hydrogens is 466 g/mol. The molecule has 0 bridgehead atoms. The van der Waals surface area contributed by atoms with E-state index in [9.17, 15) is 13.2 Å². The second-order valence-corrected chi connectivity index (χ2v) is 10.5. The molecule has 1 N–H and O–H groups in total. The quantitative estimate of drug-likeness (QED) is 0.478. The Bertz CT molecular complexity index is 1290. The number of anilines is 2. The van der Waals surface area contributed by atoms with Crippen molar-refractivity contribution in [3.8, 4) is 0 Å². The van der Waals surface area contributed by atoms with Crippen molar-refractivity contribution in [2.24, 2.45) is 0 Å². The summed E-state index contributed by atoms with van der Waals surface area (Å²) >= 11 is 0. The molecule has 0 atom stereocenters. The minimum absolute atomic E-state index is 0.119. The number of amides is 1. The number of sulfonamides is 1. The van der Waals surface area contributed by atoms with Crippen molar-refractivity contribution < 1.29 is 22.4 Å². The molecule has 1 saturated heterocycles. The number of fused-ring (bicyclic) bond motifs is 1. The second kappa shape index (κ2) is 10.8. The van der Waals surface area contributed by atoms with E-state index in [1.807, 2.05) is 32.0 Å². The van der Waals surface area contributed by atoms with Crippen LogP contribution in [0.25, 0.3) is 11.0 Å². The van der Waals surface area contributed by atoms with Gasteiger partial charge in [-0.15, -0.1) is 0 Å². The fourth-order valence-electron chi connectivity index (χ4n) is 4.42. The van der Waals surface area contributed by atoms with Gasteiger partial charge in [-0.25, -0.2) is 8.42 Å². The minimum Gasteiger partial charge on any atom is -0.464 e. The van der Waals surface area contributed by atoms with Crippen LogP contribution in [-0.4, -0.2) is 58.0 Å². The molecule has 35 heavy (non-hydrogen) atoms. The van der Waals surface area contributed by atoms with Gasteiger partial charge in [0.25, 0.3) is 0 Å². The Morgan fingerprint density at radius 3 is 2.49 bits per heavy atom. The Morgan fingerprint density at radius 2 is 1.80 bits per heavy atom. The van der Waals surface area contributed by atoms with E-state index >= 15 is 0 Å². The number of furan rings is 1. The number of hydrogen-bond donors (Lipinski definition) is 1. The molecule has 1 amide bonds. The fourth-order valence-corrected chi connectivity index (χ4v) is 5.90. The molecule has 1 fully saturated rings. The molecular formula is C26H33N3O5S. The van der Waals surface area contributed by atoms with Crippen molar-refractivity contribution in [1.82, 2.24) is 4.31 Å². The van der Waals surface area contributed by atoms with Crippen LogP contribution in [0.5, 0.6) is 0 Å². The van der Waals surface area contributed by atoms with E-state index in [1.165, 1.54) is 9.87 Å². The number of nitrogens with one attached hydrogen (secondary N) is 1. The highest BCUT2D eigenvalue weighted by Crippen LogP contribution is 2.31. The summed E-state index contributed by atoms with van der Waals surface area (Å²) in [5.74, 6) is -0.237. The molecule has 0 unspecified atom stereocenters. The minimum atomic E-state index is -3.67. The molecule has 1 aliphatic rings. The lowest BCUT2D eigenvalue weighted by atomic mass is 10.1. The molecule has 2 heterocycles. The Hall–Kier alpha value is -2.88. The number of hydrogen-bond acceptors (Lipinski definition) is 6. The molecule has 0 spiro atoms. The number of morpholine rings is 1. The number of aryl methyl sites for hydroxylation is 1. The SMILES string of the molecule is CCc1ccc2c(CC(=O)Nc3cc(S(=O)(=O)N(CC)CC)ccc3N3CCOCC3)coc2c1. The Labute approximate surface area is 206 Å². The topological polar surface area (TPSA) is 92.1 Å². The summed E-state index contributed by atoms with van der Waals surface area (Å²) < 4.78 is 38.8. The molecule has 8 nitrogen and oxygen atoms in total. The standard InChI is InChI=1S/C26H33N3O5S/c1-4-19-7-9-22-20(18-34-25(22)15-19)16-26(30)27-23-17-21(35(31,32)29(5-2)6-3)8-10-24(23)28-11-13-33-14-12-28/h7-10,15,17-18H,4-6,11-14,16H2,1-3H3,(H,27,30). The average molecular weight is 500 g/mol. The maximum absolute atomic E-state index is 13.1. The van der Waals surface area contributed by atoms with Crippen molar-refractivity contribution in [3.63, 3.8) is 0 Å². The summed E-state index contributed by atoms with van der Waals surface area (Å²) in [6.07, 6.45) is 2.64. The van der Waals surface area contributed by atoms with Gasteiger partial charge in [0.2, 0.25) is 15.9 Å². The van der Waals surface area contributed by atoms with E-state index in [-0.39, 0.29) is 17.2 Å². The first kappa shape index (κ1) is 25.2. The summed E-state index contributed by atoms with van der Waals surface area (Å²) in [7, 11) is -3.67. The van der Waals surface area contributed by atoms with Gasteiger partial charge < -0.3 is 19.4 Å². The molecule has 188 valence electrons. The van der Waals surface area contributed by atoms with Gasteiger partial charge in [-0.3, -0.25) is 4.79 Å². The van der Waals surface area contributed by atoms with E-state index in [2.05, 4.69) is 17.1 Å². The van der Waals surface area contributed by atoms with E-state index in [0.717, 1.165) is 28.6 Å². The van der Waals surface area contributed by atoms with Crippen LogP contribution in [0.4, 0.5) is 11.4 Å². The summed E-state index contributed by atoms with van der Waals surface area (Å²) in [4.78, 5) is 15.4. The van der Waals surface area contributed by atoms with E-state index in [1.54, 1.807) is 24.5 Å². The molecule has 2 aromatic carbocycles. The van der Waals surface area contributed by atoms with Gasteiger partial charge in [0.05, 0.1) is 42.2 Å². The molecule has 1 aliphatic heterocycles. The van der Waals surface area contributed by atoms with Gasteiger partial charge in [-0.05, 0) is 36.2 Å². The average Bonchev–Trinajstić information content (AvgIpc) is 3.26. The normalized spacial score (nSPS) is 14.6. The van der Waals surface area contributed by atoms with Crippen LogP contribution >= 0.6 is 0 Å². The second-order valence-electron chi connectivity index (χ2n) is 8.54. The predicted molar refractivity (Wildman–Crippen MR) is 138 cm³/mol. The molecule has 0 saturated carbocycles. The highest BCUT2D eigenvalue weighted by atomic mass is 32.2. The van der Waals surface area contributed by atoms with Gasteiger partial charge in [-0.2, -0.15) is 4.31 Å². The summed E-state index contributed by atoms with van der Waals surface area (Å²) in [6.45, 7) is 8.93. The molecule has 4 rings (SSSR count). The van der Waals surface area contributed by atoms with Crippen molar-refractivity contribution >= 4 is 38.3 Å². The van der Waals surface area contributed by atoms with Crippen LogP contribution in [-0.2, 0) is 32.4 Å². The van der Waals surface area contributed by atoms with Crippen LogP contribution in [0, 0.1) is 0 Å². The zero-order chi connectivity index (χ0) is 25.0. The third-order valence-corrected chi connectivity index (χ3v) is 8.46. The van der Waals surface area contributed by atoms with E-state index in [4.69, 9.17) is 9.15 Å². The van der Waals surface area contributed by atoms with Crippen molar-refractivity contribution in [3.05, 3.63) is 53.8 Å². The smallest absolute Gasteiger partial charge is 0.243 e. The Morgan fingerprint density at radius 1 is 1.06 bits per heavy atom. The van der Waals surface area contributed by atoms with Crippen molar-refractivity contribution in [2.45, 2.75) is 38.5 Å². The molecule has 9 heteroatoms. The van der Waals surface area contributed by atoms with Crippen molar-refractivity contribution in [2.75, 3.05) is 49.6 Å². The number of carbonyl (C=O) groups excluding carboxylic acids is 1. The Balaban J connectivity index is 1.64. The van der Waals surface area contributed by atoms with Gasteiger partial charge in [0.1, 0.15) is 5.58 Å². The maximum Gasteiger partial charge on any atom is 0.243 e. The van der Waals surface area contributed by atoms with E-state index < -0.39 is 10.0 Å². The molecule has 0 aliphatic carbocycles.